The second kappa shape index (κ2) is 7.94. The van der Waals surface area contributed by atoms with Gasteiger partial charge in [0, 0.05) is 17.8 Å². The van der Waals surface area contributed by atoms with Gasteiger partial charge in [0.25, 0.3) is 0 Å². The SMILES string of the molecule is C=C1CCC2[C@]3(C)C[C@](C)(CO)[C@H](O)CC3CC[C@@]2(C)[C@@H]1CCOc1ccncc1. The van der Waals surface area contributed by atoms with Gasteiger partial charge in [-0.1, -0.05) is 32.9 Å². The molecule has 0 aromatic carbocycles. The predicted octanol–water partition coefficient (Wildman–Crippen LogP) is 5.01. The molecule has 0 amide bonds. The monoisotopic (exact) mass is 413 g/mol. The zero-order valence-electron chi connectivity index (χ0n) is 18.9. The molecular formula is C26H39NO3. The van der Waals surface area contributed by atoms with Crippen LogP contribution in [-0.2, 0) is 0 Å². The number of nitrogens with zero attached hydrogens (tertiary/aromatic N) is 1. The Morgan fingerprint density at radius 1 is 1.17 bits per heavy atom. The lowest BCUT2D eigenvalue weighted by Crippen LogP contribution is -2.60. The zero-order valence-corrected chi connectivity index (χ0v) is 18.9. The number of aliphatic hydroxyl groups excluding tert-OH is 2. The first kappa shape index (κ1) is 21.8. The lowest BCUT2D eigenvalue weighted by atomic mass is 9.40. The van der Waals surface area contributed by atoms with Gasteiger partial charge in [-0.25, -0.2) is 0 Å². The van der Waals surface area contributed by atoms with Gasteiger partial charge in [0.2, 0.25) is 0 Å². The first-order valence-electron chi connectivity index (χ1n) is 11.7. The summed E-state index contributed by atoms with van der Waals surface area (Å²) in [6.45, 7) is 12.3. The van der Waals surface area contributed by atoms with Crippen molar-refractivity contribution < 1.29 is 14.9 Å². The van der Waals surface area contributed by atoms with Crippen molar-refractivity contribution in [2.75, 3.05) is 13.2 Å². The largest absolute Gasteiger partial charge is 0.493 e. The number of allylic oxidation sites excluding steroid dienone is 1. The number of hydrogen-bond donors (Lipinski definition) is 2. The second-order valence-electron chi connectivity index (χ2n) is 11.1. The number of aliphatic hydroxyl groups is 2. The normalized spacial score (nSPS) is 43.6. The van der Waals surface area contributed by atoms with Crippen molar-refractivity contribution in [1.82, 2.24) is 4.98 Å². The Balaban J connectivity index is 1.55. The van der Waals surface area contributed by atoms with Crippen LogP contribution in [0.1, 0.15) is 65.7 Å². The molecule has 166 valence electrons. The summed E-state index contributed by atoms with van der Waals surface area (Å²) in [4.78, 5) is 4.06. The highest BCUT2D eigenvalue weighted by Gasteiger charge is 2.61. The molecule has 0 radical (unpaired) electrons. The Morgan fingerprint density at radius 3 is 2.60 bits per heavy atom. The van der Waals surface area contributed by atoms with Crippen molar-refractivity contribution in [2.45, 2.75) is 71.8 Å². The Bertz CT molecular complexity index is 767. The third-order valence-corrected chi connectivity index (χ3v) is 9.38. The third kappa shape index (κ3) is 3.50. The molecule has 4 nitrogen and oxygen atoms in total. The van der Waals surface area contributed by atoms with Crippen molar-refractivity contribution >= 4 is 0 Å². The summed E-state index contributed by atoms with van der Waals surface area (Å²) < 4.78 is 6.03. The quantitative estimate of drug-likeness (QED) is 0.666. The number of hydrogen-bond acceptors (Lipinski definition) is 4. The van der Waals surface area contributed by atoms with Crippen LogP contribution < -0.4 is 4.74 Å². The molecule has 3 saturated carbocycles. The van der Waals surface area contributed by atoms with Gasteiger partial charge in [0.15, 0.2) is 0 Å². The smallest absolute Gasteiger partial charge is 0.122 e. The van der Waals surface area contributed by atoms with Crippen LogP contribution in [0.5, 0.6) is 5.75 Å². The van der Waals surface area contributed by atoms with Crippen molar-refractivity contribution in [1.29, 1.82) is 0 Å². The maximum absolute atomic E-state index is 10.8. The van der Waals surface area contributed by atoms with Gasteiger partial charge >= 0.3 is 0 Å². The lowest BCUT2D eigenvalue weighted by Gasteiger charge is -2.65. The van der Waals surface area contributed by atoms with E-state index in [1.165, 1.54) is 18.4 Å². The fourth-order valence-electron chi connectivity index (χ4n) is 7.69. The van der Waals surface area contributed by atoms with E-state index in [1.807, 2.05) is 12.1 Å². The summed E-state index contributed by atoms with van der Waals surface area (Å²) in [5, 5.41) is 20.9. The summed E-state index contributed by atoms with van der Waals surface area (Å²) in [5.74, 6) is 2.48. The molecule has 4 heteroatoms. The predicted molar refractivity (Wildman–Crippen MR) is 119 cm³/mol. The minimum atomic E-state index is -0.395. The van der Waals surface area contributed by atoms with E-state index in [4.69, 9.17) is 4.74 Å². The summed E-state index contributed by atoms with van der Waals surface area (Å²) in [5.41, 5.74) is 1.36. The van der Waals surface area contributed by atoms with E-state index in [2.05, 4.69) is 32.3 Å². The molecule has 1 aromatic rings. The highest BCUT2D eigenvalue weighted by Crippen LogP contribution is 2.68. The standard InChI is InChI=1S/C26H39NO3/c1-18-5-6-22-25(3,21(18)10-14-30-20-8-12-27-13-9-20)11-7-19-15-23(29)24(2,17-28)16-26(19,22)4/h8-9,12-13,19,21-23,28-29H,1,5-7,10-11,14-17H2,2-4H3/t19?,21-,22?,23-,24-,25+,26-/m1/s1. The molecule has 0 bridgehead atoms. The molecule has 0 saturated heterocycles. The lowest BCUT2D eigenvalue weighted by molar-refractivity contribution is -0.182. The maximum Gasteiger partial charge on any atom is 0.122 e. The van der Waals surface area contributed by atoms with Crippen molar-refractivity contribution in [3.05, 3.63) is 36.7 Å². The highest BCUT2D eigenvalue weighted by molar-refractivity contribution is 5.20. The molecule has 7 atom stereocenters. The van der Waals surface area contributed by atoms with E-state index in [1.54, 1.807) is 12.4 Å². The number of ether oxygens (including phenoxy) is 1. The number of pyridine rings is 1. The first-order valence-corrected chi connectivity index (χ1v) is 11.7. The molecule has 2 N–H and O–H groups in total. The van der Waals surface area contributed by atoms with Gasteiger partial charge in [0.1, 0.15) is 5.75 Å². The Morgan fingerprint density at radius 2 is 1.90 bits per heavy atom. The molecule has 30 heavy (non-hydrogen) atoms. The number of fused-ring (bicyclic) bond motifs is 3. The van der Waals surface area contributed by atoms with Crippen LogP contribution in [0, 0.1) is 34.0 Å². The Hall–Kier alpha value is -1.39. The summed E-state index contributed by atoms with van der Waals surface area (Å²) in [6, 6.07) is 3.82. The summed E-state index contributed by atoms with van der Waals surface area (Å²) >= 11 is 0. The molecular weight excluding hydrogens is 374 g/mol. The molecule has 3 aliphatic rings. The topological polar surface area (TPSA) is 62.6 Å². The van der Waals surface area contributed by atoms with Crippen molar-refractivity contribution in [3.63, 3.8) is 0 Å². The van der Waals surface area contributed by atoms with Gasteiger partial charge in [-0.15, -0.1) is 0 Å². The summed E-state index contributed by atoms with van der Waals surface area (Å²) in [7, 11) is 0. The van der Waals surface area contributed by atoms with Gasteiger partial charge in [-0.2, -0.15) is 0 Å². The second-order valence-corrected chi connectivity index (χ2v) is 11.1. The highest BCUT2D eigenvalue weighted by atomic mass is 16.5. The molecule has 4 rings (SSSR count). The molecule has 1 heterocycles. The van der Waals surface area contributed by atoms with Crippen LogP contribution in [0.25, 0.3) is 0 Å². The van der Waals surface area contributed by atoms with E-state index in [0.717, 1.165) is 37.9 Å². The van der Waals surface area contributed by atoms with Crippen LogP contribution in [0.2, 0.25) is 0 Å². The van der Waals surface area contributed by atoms with Crippen LogP contribution in [0.15, 0.2) is 36.7 Å². The fraction of sp³-hybridized carbons (Fsp3) is 0.731. The van der Waals surface area contributed by atoms with E-state index in [0.29, 0.717) is 24.4 Å². The molecule has 1 aromatic heterocycles. The van der Waals surface area contributed by atoms with Crippen LogP contribution in [0.4, 0.5) is 0 Å². The summed E-state index contributed by atoms with van der Waals surface area (Å²) in [6.07, 6.45) is 10.5. The van der Waals surface area contributed by atoms with Gasteiger partial charge in [0.05, 0.1) is 19.3 Å². The Labute approximate surface area is 181 Å². The van der Waals surface area contributed by atoms with Gasteiger partial charge in [-0.3, -0.25) is 4.98 Å². The average Bonchev–Trinajstić information content (AvgIpc) is 2.72. The minimum Gasteiger partial charge on any atom is -0.493 e. The van der Waals surface area contributed by atoms with Crippen LogP contribution in [-0.4, -0.2) is 34.5 Å². The van der Waals surface area contributed by atoms with E-state index >= 15 is 0 Å². The zero-order chi connectivity index (χ0) is 21.6. The molecule has 3 aliphatic carbocycles. The molecule has 2 unspecified atom stereocenters. The van der Waals surface area contributed by atoms with Crippen molar-refractivity contribution in [2.24, 2.45) is 34.0 Å². The minimum absolute atomic E-state index is 0.0653. The van der Waals surface area contributed by atoms with Crippen LogP contribution in [0.3, 0.4) is 0 Å². The first-order chi connectivity index (χ1) is 14.2. The third-order valence-electron chi connectivity index (χ3n) is 9.38. The Kier molecular flexibility index (Phi) is 5.78. The molecule has 3 fully saturated rings. The van der Waals surface area contributed by atoms with Gasteiger partial charge in [-0.05, 0) is 85.7 Å². The van der Waals surface area contributed by atoms with Crippen LogP contribution >= 0.6 is 0 Å². The van der Waals surface area contributed by atoms with Crippen molar-refractivity contribution in [3.8, 4) is 5.75 Å². The van der Waals surface area contributed by atoms with E-state index in [9.17, 15) is 10.2 Å². The van der Waals surface area contributed by atoms with E-state index in [-0.39, 0.29) is 17.4 Å². The fourth-order valence-corrected chi connectivity index (χ4v) is 7.69. The van der Waals surface area contributed by atoms with Gasteiger partial charge < -0.3 is 14.9 Å². The molecule has 0 spiro atoms. The number of aromatic nitrogens is 1. The molecule has 0 aliphatic heterocycles. The van der Waals surface area contributed by atoms with E-state index < -0.39 is 11.5 Å². The maximum atomic E-state index is 10.8. The number of rotatable bonds is 5. The average molecular weight is 414 g/mol.